The number of aromatic nitrogens is 3. The number of hydrogen-bond donors (Lipinski definition) is 1. The molecule has 1 saturated carbocycles. The van der Waals surface area contributed by atoms with Crippen LogP contribution in [0.5, 0.6) is 5.75 Å². The first-order chi connectivity index (χ1) is 13.8. The van der Waals surface area contributed by atoms with Crippen LogP contribution < -0.4 is 10.1 Å². The second-order valence-corrected chi connectivity index (χ2v) is 9.04. The quantitative estimate of drug-likeness (QED) is 0.633. The Labute approximate surface area is 181 Å². The first kappa shape index (κ1) is 22.0. The van der Waals surface area contributed by atoms with Gasteiger partial charge in [-0.2, -0.15) is 0 Å². The van der Waals surface area contributed by atoms with Gasteiger partial charge in [-0.1, -0.05) is 42.6 Å². The first-order valence-electron chi connectivity index (χ1n) is 10.1. The molecule has 0 aliphatic heterocycles. The van der Waals surface area contributed by atoms with Gasteiger partial charge >= 0.3 is 0 Å². The molecule has 1 N–H and O–H groups in total. The summed E-state index contributed by atoms with van der Waals surface area (Å²) in [5.41, 5.74) is 1.96. The van der Waals surface area contributed by atoms with Crippen molar-refractivity contribution in [1.29, 1.82) is 0 Å². The van der Waals surface area contributed by atoms with E-state index < -0.39 is 0 Å². The Hall–Kier alpha value is -1.73. The van der Waals surface area contributed by atoms with Gasteiger partial charge in [0, 0.05) is 18.1 Å². The molecule has 29 heavy (non-hydrogen) atoms. The van der Waals surface area contributed by atoms with Gasteiger partial charge in [0.1, 0.15) is 5.75 Å². The summed E-state index contributed by atoms with van der Waals surface area (Å²) >= 11 is 7.64. The highest BCUT2D eigenvalue weighted by Crippen LogP contribution is 2.29. The highest BCUT2D eigenvalue weighted by molar-refractivity contribution is 7.99. The van der Waals surface area contributed by atoms with Gasteiger partial charge in [0.05, 0.1) is 5.75 Å². The molecule has 1 unspecified atom stereocenters. The van der Waals surface area contributed by atoms with Gasteiger partial charge < -0.3 is 14.6 Å². The van der Waals surface area contributed by atoms with Crippen molar-refractivity contribution in [3.05, 3.63) is 34.1 Å². The van der Waals surface area contributed by atoms with Crippen LogP contribution in [-0.2, 0) is 11.8 Å². The van der Waals surface area contributed by atoms with E-state index in [-0.39, 0.29) is 12.0 Å². The Morgan fingerprint density at radius 3 is 2.59 bits per heavy atom. The smallest absolute Gasteiger partial charge is 0.230 e. The monoisotopic (exact) mass is 436 g/mol. The van der Waals surface area contributed by atoms with Gasteiger partial charge in [-0.05, 0) is 56.9 Å². The third-order valence-corrected chi connectivity index (χ3v) is 6.87. The fraction of sp³-hybridized carbons (Fsp3) is 0.571. The van der Waals surface area contributed by atoms with E-state index >= 15 is 0 Å². The minimum absolute atomic E-state index is 0.0582. The molecule has 1 aromatic heterocycles. The summed E-state index contributed by atoms with van der Waals surface area (Å²) in [6.45, 7) is 5.86. The minimum Gasteiger partial charge on any atom is -0.483 e. The Balaban J connectivity index is 1.57. The molecule has 1 aliphatic carbocycles. The SMILES string of the molecule is Cc1cc(OC(C)c2nnc(SCC(=O)NC3CCCCC3)n2C)cc(C)c1Cl. The highest BCUT2D eigenvalue weighted by Gasteiger charge is 2.20. The Morgan fingerprint density at radius 2 is 1.93 bits per heavy atom. The zero-order valence-electron chi connectivity index (χ0n) is 17.5. The van der Waals surface area contributed by atoms with Crippen LogP contribution in [0.25, 0.3) is 0 Å². The van der Waals surface area contributed by atoms with Crippen LogP contribution in [0.2, 0.25) is 5.02 Å². The molecule has 6 nitrogen and oxygen atoms in total. The first-order valence-corrected chi connectivity index (χ1v) is 11.5. The number of carbonyl (C=O) groups excluding carboxylic acids is 1. The maximum atomic E-state index is 12.2. The molecule has 0 spiro atoms. The van der Waals surface area contributed by atoms with Crippen molar-refractivity contribution in [2.45, 2.75) is 70.2 Å². The van der Waals surface area contributed by atoms with Crippen molar-refractivity contribution < 1.29 is 9.53 Å². The van der Waals surface area contributed by atoms with E-state index in [1.165, 1.54) is 31.0 Å². The van der Waals surface area contributed by atoms with E-state index in [0.717, 1.165) is 34.7 Å². The summed E-state index contributed by atoms with van der Waals surface area (Å²) in [7, 11) is 1.90. The molecule has 0 radical (unpaired) electrons. The predicted octanol–water partition coefficient (Wildman–Crippen LogP) is 4.77. The normalized spacial score (nSPS) is 15.9. The predicted molar refractivity (Wildman–Crippen MR) is 117 cm³/mol. The second-order valence-electron chi connectivity index (χ2n) is 7.72. The fourth-order valence-corrected chi connectivity index (χ4v) is 4.52. The number of ether oxygens (including phenoxy) is 1. The summed E-state index contributed by atoms with van der Waals surface area (Å²) in [4.78, 5) is 12.2. The third-order valence-electron chi connectivity index (χ3n) is 5.26. The van der Waals surface area contributed by atoms with Crippen LogP contribution in [0.1, 0.15) is 62.1 Å². The van der Waals surface area contributed by atoms with Gasteiger partial charge in [0.2, 0.25) is 5.91 Å². The van der Waals surface area contributed by atoms with Gasteiger partial charge in [-0.3, -0.25) is 4.79 Å². The highest BCUT2D eigenvalue weighted by atomic mass is 35.5. The number of nitrogens with zero attached hydrogens (tertiary/aromatic N) is 3. The van der Waals surface area contributed by atoms with Crippen molar-refractivity contribution in [1.82, 2.24) is 20.1 Å². The lowest BCUT2D eigenvalue weighted by Crippen LogP contribution is -2.37. The largest absolute Gasteiger partial charge is 0.483 e. The molecule has 0 bridgehead atoms. The number of nitrogens with one attached hydrogen (secondary N) is 1. The topological polar surface area (TPSA) is 69.0 Å². The standard InChI is InChI=1S/C21H29ClN4O2S/c1-13-10-17(11-14(2)19(13)22)28-15(3)20-24-25-21(26(20)4)29-12-18(27)23-16-8-6-5-7-9-16/h10-11,15-16H,5-9,12H2,1-4H3,(H,23,27). The van der Waals surface area contributed by atoms with Crippen LogP contribution in [0, 0.1) is 13.8 Å². The molecule has 1 amide bonds. The molecule has 1 aromatic carbocycles. The van der Waals surface area contributed by atoms with E-state index in [0.29, 0.717) is 22.8 Å². The van der Waals surface area contributed by atoms with Gasteiger partial charge in [0.15, 0.2) is 17.1 Å². The maximum Gasteiger partial charge on any atom is 0.230 e. The van der Waals surface area contributed by atoms with Crippen molar-refractivity contribution in [2.24, 2.45) is 7.05 Å². The lowest BCUT2D eigenvalue weighted by Gasteiger charge is -2.22. The molecule has 3 rings (SSSR count). The van der Waals surface area contributed by atoms with E-state index in [2.05, 4.69) is 15.5 Å². The Bertz CT molecular complexity index is 841. The zero-order chi connectivity index (χ0) is 21.0. The summed E-state index contributed by atoms with van der Waals surface area (Å²) in [5, 5.41) is 13.1. The molecule has 158 valence electrons. The van der Waals surface area contributed by atoms with Gasteiger partial charge in [-0.25, -0.2) is 0 Å². The number of amides is 1. The van der Waals surface area contributed by atoms with Gasteiger partial charge in [0.25, 0.3) is 0 Å². The lowest BCUT2D eigenvalue weighted by molar-refractivity contribution is -0.119. The molecular formula is C21H29ClN4O2S. The summed E-state index contributed by atoms with van der Waals surface area (Å²) in [5.74, 6) is 1.86. The van der Waals surface area contributed by atoms with Crippen molar-refractivity contribution >= 4 is 29.3 Å². The fourth-order valence-electron chi connectivity index (χ4n) is 3.68. The van der Waals surface area contributed by atoms with Crippen LogP contribution in [0.4, 0.5) is 0 Å². The minimum atomic E-state index is -0.280. The molecule has 2 aromatic rings. The maximum absolute atomic E-state index is 12.2. The molecular weight excluding hydrogens is 408 g/mol. The van der Waals surface area contributed by atoms with E-state index in [1.807, 2.05) is 44.5 Å². The number of carbonyl (C=O) groups is 1. The zero-order valence-corrected chi connectivity index (χ0v) is 19.1. The number of aryl methyl sites for hydroxylation is 2. The Kier molecular flexibility index (Phi) is 7.46. The lowest BCUT2D eigenvalue weighted by atomic mass is 9.95. The molecule has 0 saturated heterocycles. The number of rotatable bonds is 7. The molecule has 8 heteroatoms. The summed E-state index contributed by atoms with van der Waals surface area (Å²) < 4.78 is 7.95. The molecule has 1 aliphatic rings. The van der Waals surface area contributed by atoms with Crippen LogP contribution in [0.15, 0.2) is 17.3 Å². The average molecular weight is 437 g/mol. The number of thioether (sulfide) groups is 1. The van der Waals surface area contributed by atoms with Crippen molar-refractivity contribution in [3.8, 4) is 5.75 Å². The molecule has 1 heterocycles. The summed E-state index contributed by atoms with van der Waals surface area (Å²) in [6.07, 6.45) is 5.58. The number of hydrogen-bond acceptors (Lipinski definition) is 5. The van der Waals surface area contributed by atoms with Crippen molar-refractivity contribution in [2.75, 3.05) is 5.75 Å². The van der Waals surface area contributed by atoms with E-state index in [4.69, 9.17) is 16.3 Å². The van der Waals surface area contributed by atoms with Crippen LogP contribution >= 0.6 is 23.4 Å². The van der Waals surface area contributed by atoms with Crippen LogP contribution in [-0.4, -0.2) is 32.5 Å². The van der Waals surface area contributed by atoms with E-state index in [9.17, 15) is 4.79 Å². The summed E-state index contributed by atoms with van der Waals surface area (Å²) in [6, 6.07) is 4.17. The third kappa shape index (κ3) is 5.66. The van der Waals surface area contributed by atoms with Crippen molar-refractivity contribution in [3.63, 3.8) is 0 Å². The Morgan fingerprint density at radius 1 is 1.28 bits per heavy atom. The van der Waals surface area contributed by atoms with Crippen LogP contribution in [0.3, 0.4) is 0 Å². The average Bonchev–Trinajstić information content (AvgIpc) is 3.06. The number of benzene rings is 1. The number of halogens is 1. The molecule has 1 fully saturated rings. The second kappa shape index (κ2) is 9.85. The van der Waals surface area contributed by atoms with E-state index in [1.54, 1.807) is 0 Å². The van der Waals surface area contributed by atoms with Gasteiger partial charge in [-0.15, -0.1) is 10.2 Å². The molecule has 1 atom stereocenters.